The first kappa shape index (κ1) is 14.2. The monoisotopic (exact) mass is 314 g/mol. The van der Waals surface area contributed by atoms with E-state index in [2.05, 4.69) is 0 Å². The number of hydrogen-bond acceptors (Lipinski definition) is 4. The molecule has 1 aliphatic rings. The van der Waals surface area contributed by atoms with Crippen molar-refractivity contribution in [3.63, 3.8) is 0 Å². The molecule has 0 spiro atoms. The second-order valence-corrected chi connectivity index (χ2v) is 6.81. The molecule has 2 aromatic heterocycles. The molecule has 1 fully saturated rings. The van der Waals surface area contributed by atoms with Crippen LogP contribution < -0.4 is 0 Å². The van der Waals surface area contributed by atoms with Crippen LogP contribution in [-0.2, 0) is 9.59 Å². The molecule has 0 aliphatic heterocycles. The SMILES string of the molecule is C/C=C1/C(=O)C(c2ccc(-c3cccs3)s2)C(=O)/C1=C/C. The van der Waals surface area contributed by atoms with Crippen LogP contribution >= 0.6 is 22.7 Å². The first-order valence-electron chi connectivity index (χ1n) is 6.72. The van der Waals surface area contributed by atoms with E-state index in [-0.39, 0.29) is 11.6 Å². The fourth-order valence-electron chi connectivity index (χ4n) is 2.61. The van der Waals surface area contributed by atoms with Crippen molar-refractivity contribution in [2.45, 2.75) is 19.8 Å². The summed E-state index contributed by atoms with van der Waals surface area (Å²) in [5, 5.41) is 2.02. The van der Waals surface area contributed by atoms with Crippen LogP contribution in [-0.4, -0.2) is 11.6 Å². The topological polar surface area (TPSA) is 34.1 Å². The number of thiophene rings is 2. The molecule has 0 N–H and O–H groups in total. The minimum Gasteiger partial charge on any atom is -0.293 e. The fraction of sp³-hybridized carbons (Fsp3) is 0.176. The minimum absolute atomic E-state index is 0.0739. The molecule has 0 amide bonds. The molecule has 0 bridgehead atoms. The van der Waals surface area contributed by atoms with Gasteiger partial charge in [0.15, 0.2) is 11.6 Å². The fourth-order valence-corrected chi connectivity index (χ4v) is 4.55. The van der Waals surface area contributed by atoms with Gasteiger partial charge in [-0.3, -0.25) is 9.59 Å². The van der Waals surface area contributed by atoms with Crippen molar-refractivity contribution in [1.29, 1.82) is 0 Å². The predicted octanol–water partition coefficient (Wildman–Crippen LogP) is 4.60. The molecule has 0 radical (unpaired) electrons. The van der Waals surface area contributed by atoms with E-state index in [0.717, 1.165) is 9.75 Å². The number of hydrogen-bond donors (Lipinski definition) is 0. The summed E-state index contributed by atoms with van der Waals surface area (Å²) >= 11 is 3.20. The van der Waals surface area contributed by atoms with E-state index >= 15 is 0 Å². The second kappa shape index (κ2) is 5.54. The Labute approximate surface area is 131 Å². The lowest BCUT2D eigenvalue weighted by atomic mass is 10.0. The van der Waals surface area contributed by atoms with Crippen LogP contribution in [0.3, 0.4) is 0 Å². The van der Waals surface area contributed by atoms with Gasteiger partial charge < -0.3 is 0 Å². The molecule has 1 saturated carbocycles. The van der Waals surface area contributed by atoms with Crippen molar-refractivity contribution in [3.8, 4) is 9.75 Å². The first-order chi connectivity index (χ1) is 10.2. The first-order valence-corrected chi connectivity index (χ1v) is 8.42. The maximum atomic E-state index is 12.5. The Balaban J connectivity index is 2.02. The number of carbonyl (C=O) groups excluding carboxylic acids is 2. The van der Waals surface area contributed by atoms with Crippen LogP contribution in [0.25, 0.3) is 9.75 Å². The van der Waals surface area contributed by atoms with E-state index in [9.17, 15) is 9.59 Å². The quantitative estimate of drug-likeness (QED) is 0.599. The third-order valence-electron chi connectivity index (χ3n) is 3.60. The van der Waals surface area contributed by atoms with Crippen LogP contribution in [0, 0.1) is 0 Å². The zero-order chi connectivity index (χ0) is 15.0. The summed E-state index contributed by atoms with van der Waals surface area (Å²) < 4.78 is 0. The normalized spacial score (nSPS) is 20.1. The molecule has 2 nitrogen and oxygen atoms in total. The summed E-state index contributed by atoms with van der Waals surface area (Å²) in [5.74, 6) is -0.800. The van der Waals surface area contributed by atoms with E-state index in [4.69, 9.17) is 0 Å². The lowest BCUT2D eigenvalue weighted by Crippen LogP contribution is -2.10. The molecule has 0 aromatic carbocycles. The largest absolute Gasteiger partial charge is 0.293 e. The summed E-state index contributed by atoms with van der Waals surface area (Å²) in [6.07, 6.45) is 3.48. The highest BCUT2D eigenvalue weighted by Gasteiger charge is 2.42. The van der Waals surface area contributed by atoms with Crippen molar-refractivity contribution in [1.82, 2.24) is 0 Å². The zero-order valence-corrected chi connectivity index (χ0v) is 13.4. The molecule has 21 heavy (non-hydrogen) atoms. The van der Waals surface area contributed by atoms with Gasteiger partial charge in [-0.05, 0) is 37.4 Å². The molecule has 0 saturated heterocycles. The summed E-state index contributed by atoms with van der Waals surface area (Å²) in [7, 11) is 0. The molecule has 3 rings (SSSR count). The Bertz CT molecular complexity index is 731. The highest BCUT2D eigenvalue weighted by molar-refractivity contribution is 7.21. The lowest BCUT2D eigenvalue weighted by Gasteiger charge is -2.01. The minimum atomic E-state index is -0.652. The van der Waals surface area contributed by atoms with Crippen molar-refractivity contribution in [2.24, 2.45) is 0 Å². The summed E-state index contributed by atoms with van der Waals surface area (Å²) in [6, 6.07) is 7.95. The van der Waals surface area contributed by atoms with E-state index < -0.39 is 5.92 Å². The Morgan fingerprint density at radius 2 is 1.62 bits per heavy atom. The second-order valence-electron chi connectivity index (χ2n) is 4.75. The number of ketones is 2. The van der Waals surface area contributed by atoms with Gasteiger partial charge >= 0.3 is 0 Å². The Kier molecular flexibility index (Phi) is 3.74. The summed E-state index contributed by atoms with van der Waals surface area (Å²) in [6.45, 7) is 3.61. The molecule has 4 heteroatoms. The highest BCUT2D eigenvalue weighted by atomic mass is 32.1. The highest BCUT2D eigenvalue weighted by Crippen LogP contribution is 2.41. The average Bonchev–Trinajstić information content (AvgIpc) is 3.17. The van der Waals surface area contributed by atoms with Gasteiger partial charge in [0.25, 0.3) is 0 Å². The van der Waals surface area contributed by atoms with Gasteiger partial charge in [0, 0.05) is 25.8 Å². The number of rotatable bonds is 2. The van der Waals surface area contributed by atoms with E-state index in [0.29, 0.717) is 11.1 Å². The molecule has 0 unspecified atom stereocenters. The lowest BCUT2D eigenvalue weighted by molar-refractivity contribution is -0.122. The maximum absolute atomic E-state index is 12.5. The van der Waals surface area contributed by atoms with Crippen LogP contribution in [0.4, 0.5) is 0 Å². The van der Waals surface area contributed by atoms with Crippen LogP contribution in [0.2, 0.25) is 0 Å². The molecule has 1 aliphatic carbocycles. The van der Waals surface area contributed by atoms with Gasteiger partial charge in [-0.15, -0.1) is 22.7 Å². The van der Waals surface area contributed by atoms with Crippen LogP contribution in [0.15, 0.2) is 52.9 Å². The third-order valence-corrected chi connectivity index (χ3v) is 5.81. The molecule has 0 atom stereocenters. The molecular formula is C17H14O2S2. The van der Waals surface area contributed by atoms with Crippen molar-refractivity contribution >= 4 is 34.2 Å². The van der Waals surface area contributed by atoms with Crippen LogP contribution in [0.5, 0.6) is 0 Å². The maximum Gasteiger partial charge on any atom is 0.179 e. The van der Waals surface area contributed by atoms with E-state index in [1.165, 1.54) is 16.2 Å². The molecule has 2 aromatic rings. The molecule has 106 valence electrons. The van der Waals surface area contributed by atoms with Gasteiger partial charge in [-0.25, -0.2) is 0 Å². The van der Waals surface area contributed by atoms with Crippen molar-refractivity contribution in [2.75, 3.05) is 0 Å². The number of Topliss-reactive ketones (excluding diaryl/α,β-unsaturated/α-hetero) is 2. The smallest absolute Gasteiger partial charge is 0.179 e. The summed E-state index contributed by atoms with van der Waals surface area (Å²) in [5.41, 5.74) is 1.11. The van der Waals surface area contributed by atoms with Gasteiger partial charge in [-0.1, -0.05) is 18.2 Å². The predicted molar refractivity (Wildman–Crippen MR) is 87.9 cm³/mol. The van der Waals surface area contributed by atoms with Crippen LogP contribution in [0.1, 0.15) is 24.6 Å². The van der Waals surface area contributed by atoms with Gasteiger partial charge in [-0.2, -0.15) is 0 Å². The molecular weight excluding hydrogens is 300 g/mol. The Morgan fingerprint density at radius 1 is 0.952 bits per heavy atom. The van der Waals surface area contributed by atoms with E-state index in [1.807, 2.05) is 29.6 Å². The molecule has 2 heterocycles. The van der Waals surface area contributed by atoms with Gasteiger partial charge in [0.1, 0.15) is 5.92 Å². The van der Waals surface area contributed by atoms with Crippen molar-refractivity contribution < 1.29 is 9.59 Å². The zero-order valence-electron chi connectivity index (χ0n) is 11.8. The standard InChI is InChI=1S/C17H14O2S2/c1-3-10-11(4-2)17(19)15(16(10)18)14-8-7-13(21-14)12-6-5-9-20-12/h3-9,15H,1-2H3/b10-3+,11-4+. The summed E-state index contributed by atoms with van der Waals surface area (Å²) in [4.78, 5) is 28.1. The average molecular weight is 314 g/mol. The third kappa shape index (κ3) is 2.24. The van der Waals surface area contributed by atoms with Gasteiger partial charge in [0.05, 0.1) is 0 Å². The number of allylic oxidation sites excluding steroid dienone is 4. The van der Waals surface area contributed by atoms with Gasteiger partial charge in [0.2, 0.25) is 0 Å². The Morgan fingerprint density at radius 3 is 2.14 bits per heavy atom. The van der Waals surface area contributed by atoms with Crippen molar-refractivity contribution in [3.05, 3.63) is 57.8 Å². The number of carbonyl (C=O) groups is 2. The Hall–Kier alpha value is -1.78. The van der Waals surface area contributed by atoms with E-state index in [1.54, 1.807) is 37.3 Å².